The Balaban J connectivity index is 1.78. The predicted molar refractivity (Wildman–Crippen MR) is 132 cm³/mol. The van der Waals surface area contributed by atoms with Gasteiger partial charge in [-0.1, -0.05) is 72.1 Å². The third kappa shape index (κ3) is 4.95. The van der Waals surface area contributed by atoms with Crippen LogP contribution in [-0.2, 0) is 9.59 Å². The van der Waals surface area contributed by atoms with Gasteiger partial charge in [0.05, 0.1) is 6.61 Å². The molecule has 0 saturated carbocycles. The minimum atomic E-state index is -0.338. The minimum absolute atomic E-state index is 0.0883. The maximum atomic E-state index is 13.5. The molecule has 1 N–H and O–H groups in total. The number of para-hydroxylation sites is 1. The monoisotopic (exact) mass is 449 g/mol. The summed E-state index contributed by atoms with van der Waals surface area (Å²) in [6, 6.07) is 8.02. The summed E-state index contributed by atoms with van der Waals surface area (Å²) in [4.78, 5) is 27.0. The number of ether oxygens (including phenoxy) is 1. The third-order valence-corrected chi connectivity index (χ3v) is 7.20. The number of hydrogen-bond acceptors (Lipinski definition) is 4. The van der Waals surface area contributed by atoms with E-state index in [1.807, 2.05) is 24.3 Å². The molecule has 4 rings (SSSR count). The van der Waals surface area contributed by atoms with Crippen LogP contribution in [0.25, 0.3) is 0 Å². The van der Waals surface area contributed by atoms with E-state index in [1.54, 1.807) is 0 Å². The second kappa shape index (κ2) is 9.12. The van der Waals surface area contributed by atoms with Crippen molar-refractivity contribution in [1.82, 2.24) is 5.32 Å². The molecular formula is C29H39NO3. The highest BCUT2D eigenvalue weighted by Crippen LogP contribution is 2.52. The first kappa shape index (κ1) is 23.8. The SMILES string of the molecule is CCCCCCOc1ccccc1C1C2=C(CC(C)(C)CC2=O)NC2=C1C(=O)CC(C)(C)C2. The van der Waals surface area contributed by atoms with E-state index in [2.05, 4.69) is 39.9 Å². The molecule has 2 aliphatic carbocycles. The average Bonchev–Trinajstić information content (AvgIpc) is 2.70. The van der Waals surface area contributed by atoms with E-state index >= 15 is 0 Å². The van der Waals surface area contributed by atoms with Crippen molar-refractivity contribution < 1.29 is 14.3 Å². The van der Waals surface area contributed by atoms with Crippen molar-refractivity contribution in [1.29, 1.82) is 0 Å². The zero-order valence-corrected chi connectivity index (χ0v) is 21.0. The Morgan fingerprint density at radius 3 is 2.00 bits per heavy atom. The van der Waals surface area contributed by atoms with Crippen LogP contribution in [0, 0.1) is 10.8 Å². The molecule has 1 aliphatic heterocycles. The maximum Gasteiger partial charge on any atom is 0.162 e. The summed E-state index contributed by atoms with van der Waals surface area (Å²) < 4.78 is 6.26. The van der Waals surface area contributed by atoms with Gasteiger partial charge in [0.25, 0.3) is 0 Å². The largest absolute Gasteiger partial charge is 0.493 e. The normalized spacial score (nSPS) is 22.1. The van der Waals surface area contributed by atoms with Gasteiger partial charge in [0.2, 0.25) is 0 Å². The molecule has 0 unspecified atom stereocenters. The molecule has 4 nitrogen and oxygen atoms in total. The van der Waals surface area contributed by atoms with Crippen molar-refractivity contribution in [3.63, 3.8) is 0 Å². The molecule has 0 saturated heterocycles. The van der Waals surface area contributed by atoms with Crippen LogP contribution in [-0.4, -0.2) is 18.2 Å². The minimum Gasteiger partial charge on any atom is -0.493 e. The lowest BCUT2D eigenvalue weighted by molar-refractivity contribution is -0.119. The smallest absolute Gasteiger partial charge is 0.162 e. The molecule has 0 radical (unpaired) electrons. The molecule has 0 atom stereocenters. The number of Topliss-reactive ketones (excluding diaryl/α,β-unsaturated/α-hetero) is 2. The Kier molecular flexibility index (Phi) is 6.57. The lowest BCUT2D eigenvalue weighted by Crippen LogP contribution is -2.42. The van der Waals surface area contributed by atoms with Crippen LogP contribution in [0.5, 0.6) is 5.75 Å². The first-order valence-electron chi connectivity index (χ1n) is 12.6. The molecule has 33 heavy (non-hydrogen) atoms. The van der Waals surface area contributed by atoms with E-state index < -0.39 is 0 Å². The Bertz CT molecular complexity index is 959. The summed E-state index contributed by atoms with van der Waals surface area (Å²) in [6.45, 7) is 11.5. The standard InChI is InChI=1S/C29H39NO3/c1-6-7-8-11-14-33-24-13-10-9-12-19(24)25-26-20(15-28(2,3)17-22(26)31)30-21-16-29(4,5)18-23(32)27(21)25/h9-10,12-13,25,30H,6-8,11,14-18H2,1-5H3. The predicted octanol–water partition coefficient (Wildman–Crippen LogP) is 6.62. The van der Waals surface area contributed by atoms with E-state index in [1.165, 1.54) is 12.8 Å². The van der Waals surface area contributed by atoms with E-state index in [9.17, 15) is 9.59 Å². The van der Waals surface area contributed by atoms with Gasteiger partial charge in [0.1, 0.15) is 5.75 Å². The van der Waals surface area contributed by atoms with Gasteiger partial charge in [0, 0.05) is 46.9 Å². The molecule has 1 aromatic carbocycles. The molecule has 0 bridgehead atoms. The molecule has 4 heteroatoms. The quantitative estimate of drug-likeness (QED) is 0.475. The Morgan fingerprint density at radius 2 is 1.42 bits per heavy atom. The fraction of sp³-hybridized carbons (Fsp3) is 0.586. The van der Waals surface area contributed by atoms with Gasteiger partial charge < -0.3 is 10.1 Å². The Hall–Kier alpha value is -2.36. The summed E-state index contributed by atoms with van der Waals surface area (Å²) in [5, 5.41) is 3.59. The van der Waals surface area contributed by atoms with Crippen LogP contribution in [0.1, 0.15) is 97.5 Å². The fourth-order valence-electron chi connectivity index (χ4n) is 5.76. The number of nitrogens with one attached hydrogen (secondary N) is 1. The number of carbonyl (C=O) groups is 2. The molecule has 0 fully saturated rings. The van der Waals surface area contributed by atoms with Crippen molar-refractivity contribution in [3.05, 3.63) is 52.4 Å². The van der Waals surface area contributed by atoms with Crippen LogP contribution in [0.3, 0.4) is 0 Å². The van der Waals surface area contributed by atoms with Gasteiger partial charge in [-0.25, -0.2) is 0 Å². The summed E-state index contributed by atoms with van der Waals surface area (Å²) in [5.74, 6) is 0.770. The van der Waals surface area contributed by atoms with Crippen LogP contribution < -0.4 is 10.1 Å². The molecule has 0 aromatic heterocycles. The highest BCUT2D eigenvalue weighted by Gasteiger charge is 2.46. The number of unbranched alkanes of at least 4 members (excludes halogenated alkanes) is 3. The molecular weight excluding hydrogens is 410 g/mol. The summed E-state index contributed by atoms with van der Waals surface area (Å²) in [7, 11) is 0. The fourth-order valence-corrected chi connectivity index (χ4v) is 5.76. The summed E-state index contributed by atoms with van der Waals surface area (Å²) in [6.07, 6.45) is 7.20. The molecule has 1 heterocycles. The molecule has 178 valence electrons. The van der Waals surface area contributed by atoms with Gasteiger partial charge in [-0.3, -0.25) is 9.59 Å². The zero-order valence-electron chi connectivity index (χ0n) is 21.0. The first-order chi connectivity index (χ1) is 15.6. The molecule has 0 amide bonds. The lowest BCUT2D eigenvalue weighted by Gasteiger charge is -2.44. The van der Waals surface area contributed by atoms with Crippen LogP contribution in [0.15, 0.2) is 46.8 Å². The van der Waals surface area contributed by atoms with Crippen molar-refractivity contribution in [2.24, 2.45) is 10.8 Å². The van der Waals surface area contributed by atoms with Gasteiger partial charge >= 0.3 is 0 Å². The Morgan fingerprint density at radius 1 is 0.848 bits per heavy atom. The van der Waals surface area contributed by atoms with E-state index in [0.29, 0.717) is 19.4 Å². The van der Waals surface area contributed by atoms with Crippen molar-refractivity contribution in [2.75, 3.05) is 6.61 Å². The zero-order chi connectivity index (χ0) is 23.8. The third-order valence-electron chi connectivity index (χ3n) is 7.20. The first-order valence-corrected chi connectivity index (χ1v) is 12.6. The van der Waals surface area contributed by atoms with Gasteiger partial charge in [0.15, 0.2) is 11.6 Å². The lowest BCUT2D eigenvalue weighted by atomic mass is 9.64. The van der Waals surface area contributed by atoms with E-state index in [4.69, 9.17) is 4.74 Å². The second-order valence-electron chi connectivity index (χ2n) is 11.7. The summed E-state index contributed by atoms with van der Waals surface area (Å²) >= 11 is 0. The van der Waals surface area contributed by atoms with Crippen LogP contribution >= 0.6 is 0 Å². The number of allylic oxidation sites excluding steroid dienone is 4. The number of dihydropyridines is 1. The Labute approximate surface area is 198 Å². The van der Waals surface area contributed by atoms with E-state index in [-0.39, 0.29) is 28.3 Å². The number of ketones is 2. The highest BCUT2D eigenvalue weighted by molar-refractivity contribution is 6.07. The number of hydrogen-bond donors (Lipinski definition) is 1. The van der Waals surface area contributed by atoms with Gasteiger partial charge in [-0.2, -0.15) is 0 Å². The molecule has 0 spiro atoms. The molecule has 3 aliphatic rings. The van der Waals surface area contributed by atoms with Crippen LogP contribution in [0.4, 0.5) is 0 Å². The second-order valence-corrected chi connectivity index (χ2v) is 11.7. The van der Waals surface area contributed by atoms with E-state index in [0.717, 1.165) is 59.5 Å². The highest BCUT2D eigenvalue weighted by atomic mass is 16.5. The van der Waals surface area contributed by atoms with Crippen LogP contribution in [0.2, 0.25) is 0 Å². The van der Waals surface area contributed by atoms with Crippen molar-refractivity contribution in [3.8, 4) is 5.75 Å². The van der Waals surface area contributed by atoms with Crippen molar-refractivity contribution >= 4 is 11.6 Å². The van der Waals surface area contributed by atoms with Crippen molar-refractivity contribution in [2.45, 2.75) is 91.9 Å². The topological polar surface area (TPSA) is 55.4 Å². The average molecular weight is 450 g/mol. The van der Waals surface area contributed by atoms with Gasteiger partial charge in [-0.15, -0.1) is 0 Å². The molecule has 1 aromatic rings. The number of rotatable bonds is 7. The summed E-state index contributed by atoms with van der Waals surface area (Å²) in [5.41, 5.74) is 4.35. The maximum absolute atomic E-state index is 13.5. The number of benzene rings is 1. The number of carbonyl (C=O) groups excluding carboxylic acids is 2. The van der Waals surface area contributed by atoms with Gasteiger partial charge in [-0.05, 0) is 36.2 Å².